The molecule has 0 bridgehead atoms. The van der Waals surface area contributed by atoms with Crippen molar-refractivity contribution in [2.24, 2.45) is 0 Å². The van der Waals surface area contributed by atoms with Gasteiger partial charge in [0.2, 0.25) is 0 Å². The molecule has 20 heavy (non-hydrogen) atoms. The van der Waals surface area contributed by atoms with Crippen LogP contribution in [-0.2, 0) is 6.18 Å². The summed E-state index contributed by atoms with van der Waals surface area (Å²) in [5.41, 5.74) is -1.78. The molecule has 0 aliphatic carbocycles. The number of hydrogen-bond donors (Lipinski definition) is 0. The number of ether oxygens (including phenoxy) is 1. The summed E-state index contributed by atoms with van der Waals surface area (Å²) in [6.45, 7) is 0. The third kappa shape index (κ3) is 2.76. The Labute approximate surface area is 112 Å². The van der Waals surface area contributed by atoms with E-state index >= 15 is 0 Å². The van der Waals surface area contributed by atoms with Crippen LogP contribution in [0.25, 0.3) is 0 Å². The number of methoxy groups -OCH3 is 1. The first kappa shape index (κ1) is 14.0. The molecule has 1 aromatic carbocycles. The van der Waals surface area contributed by atoms with Crippen molar-refractivity contribution < 1.29 is 22.7 Å². The van der Waals surface area contributed by atoms with Gasteiger partial charge >= 0.3 is 12.2 Å². The number of rotatable bonds is 3. The molecule has 7 heteroatoms. The molecule has 0 spiro atoms. The van der Waals surface area contributed by atoms with Crippen molar-refractivity contribution in [2.75, 3.05) is 7.11 Å². The van der Waals surface area contributed by atoms with Gasteiger partial charge in [0.05, 0.1) is 12.7 Å². The number of nitrogens with zero attached hydrogens (tertiary/aromatic N) is 2. The highest BCUT2D eigenvalue weighted by molar-refractivity contribution is 6.09. The van der Waals surface area contributed by atoms with E-state index in [1.165, 1.54) is 12.1 Å². The zero-order valence-electron chi connectivity index (χ0n) is 10.3. The molecule has 2 rings (SSSR count). The summed E-state index contributed by atoms with van der Waals surface area (Å²) in [5, 5.41) is 0. The van der Waals surface area contributed by atoms with Crippen LogP contribution in [0.4, 0.5) is 13.2 Å². The van der Waals surface area contributed by atoms with E-state index in [-0.39, 0.29) is 5.56 Å². The van der Waals surface area contributed by atoms with Crippen LogP contribution >= 0.6 is 0 Å². The first-order valence-electron chi connectivity index (χ1n) is 5.51. The van der Waals surface area contributed by atoms with Crippen LogP contribution in [-0.4, -0.2) is 22.9 Å². The van der Waals surface area contributed by atoms with Gasteiger partial charge < -0.3 is 4.74 Å². The molecular formula is C13H9F3N2O2. The van der Waals surface area contributed by atoms with Crippen molar-refractivity contribution in [3.8, 4) is 6.01 Å². The molecule has 4 nitrogen and oxygen atoms in total. The number of ketones is 1. The predicted molar refractivity (Wildman–Crippen MR) is 63.5 cm³/mol. The zero-order chi connectivity index (χ0) is 14.8. The maximum absolute atomic E-state index is 12.9. The molecule has 0 radical (unpaired) electrons. The third-order valence-electron chi connectivity index (χ3n) is 2.50. The Bertz CT molecular complexity index is 627. The minimum atomic E-state index is -4.77. The molecule has 0 fully saturated rings. The van der Waals surface area contributed by atoms with E-state index in [1.807, 2.05) is 0 Å². The van der Waals surface area contributed by atoms with Crippen molar-refractivity contribution in [3.05, 3.63) is 53.3 Å². The molecule has 0 unspecified atom stereocenters. The topological polar surface area (TPSA) is 52.1 Å². The van der Waals surface area contributed by atoms with Crippen LogP contribution in [0.2, 0.25) is 0 Å². The summed E-state index contributed by atoms with van der Waals surface area (Å²) in [4.78, 5) is 18.9. The predicted octanol–water partition coefficient (Wildman–Crippen LogP) is 2.74. The molecule has 0 saturated carbocycles. The minimum absolute atomic E-state index is 0.131. The monoisotopic (exact) mass is 282 g/mol. The van der Waals surface area contributed by atoms with Gasteiger partial charge in [-0.3, -0.25) is 4.79 Å². The lowest BCUT2D eigenvalue weighted by atomic mass is 10.0. The Morgan fingerprint density at radius 2 is 1.85 bits per heavy atom. The normalized spacial score (nSPS) is 11.2. The number of halogens is 3. The largest absolute Gasteiger partial charge is 0.467 e. The SMILES string of the molecule is COc1ncc(C(=O)c2ccccc2)c(C(F)(F)F)n1. The van der Waals surface area contributed by atoms with E-state index in [9.17, 15) is 18.0 Å². The second kappa shape index (κ2) is 5.28. The van der Waals surface area contributed by atoms with Crippen LogP contribution in [0.15, 0.2) is 36.5 Å². The van der Waals surface area contributed by atoms with Crippen molar-refractivity contribution in [1.82, 2.24) is 9.97 Å². The summed E-state index contributed by atoms with van der Waals surface area (Å²) in [5.74, 6) is -0.791. The van der Waals surface area contributed by atoms with E-state index < -0.39 is 29.2 Å². The van der Waals surface area contributed by atoms with Crippen molar-refractivity contribution in [1.29, 1.82) is 0 Å². The molecule has 2 aromatic rings. The van der Waals surface area contributed by atoms with Gasteiger partial charge in [-0.15, -0.1) is 0 Å². The van der Waals surface area contributed by atoms with Crippen LogP contribution < -0.4 is 4.74 Å². The van der Waals surface area contributed by atoms with Gasteiger partial charge in [-0.2, -0.15) is 18.2 Å². The molecule has 1 heterocycles. The van der Waals surface area contributed by atoms with E-state index in [0.717, 1.165) is 13.3 Å². The minimum Gasteiger partial charge on any atom is -0.467 e. The van der Waals surface area contributed by atoms with Crippen molar-refractivity contribution >= 4 is 5.78 Å². The molecular weight excluding hydrogens is 273 g/mol. The highest BCUT2D eigenvalue weighted by atomic mass is 19.4. The Balaban J connectivity index is 2.54. The third-order valence-corrected chi connectivity index (χ3v) is 2.50. The van der Waals surface area contributed by atoms with Crippen LogP contribution in [0.1, 0.15) is 21.6 Å². The fraction of sp³-hybridized carbons (Fsp3) is 0.154. The van der Waals surface area contributed by atoms with E-state index in [4.69, 9.17) is 0 Å². The average molecular weight is 282 g/mol. The maximum atomic E-state index is 12.9. The number of carbonyl (C=O) groups is 1. The van der Waals surface area contributed by atoms with Gasteiger partial charge in [0, 0.05) is 11.8 Å². The van der Waals surface area contributed by atoms with Crippen LogP contribution in [0.3, 0.4) is 0 Å². The van der Waals surface area contributed by atoms with Gasteiger partial charge in [-0.25, -0.2) is 4.98 Å². The number of alkyl halides is 3. The molecule has 0 amide bonds. The second-order valence-corrected chi connectivity index (χ2v) is 3.81. The quantitative estimate of drug-likeness (QED) is 0.812. The summed E-state index contributed by atoms with van der Waals surface area (Å²) >= 11 is 0. The molecule has 0 aliphatic heterocycles. The van der Waals surface area contributed by atoms with Gasteiger partial charge in [-0.1, -0.05) is 30.3 Å². The van der Waals surface area contributed by atoms with E-state index in [2.05, 4.69) is 14.7 Å². The number of hydrogen-bond acceptors (Lipinski definition) is 4. The Kier molecular flexibility index (Phi) is 3.69. The summed E-state index contributed by atoms with van der Waals surface area (Å²) in [7, 11) is 1.15. The molecule has 0 aliphatic rings. The highest BCUT2D eigenvalue weighted by Gasteiger charge is 2.38. The Morgan fingerprint density at radius 1 is 1.20 bits per heavy atom. The van der Waals surface area contributed by atoms with Crippen molar-refractivity contribution in [3.63, 3.8) is 0 Å². The smallest absolute Gasteiger partial charge is 0.434 e. The summed E-state index contributed by atoms with van der Waals surface area (Å²) < 4.78 is 43.4. The van der Waals surface area contributed by atoms with E-state index in [1.54, 1.807) is 18.2 Å². The fourth-order valence-electron chi connectivity index (χ4n) is 1.59. The summed E-state index contributed by atoms with van der Waals surface area (Å²) in [6.07, 6.45) is -3.94. The van der Waals surface area contributed by atoms with E-state index in [0.29, 0.717) is 0 Å². The van der Waals surface area contributed by atoms with Gasteiger partial charge in [0.1, 0.15) is 0 Å². The number of benzene rings is 1. The van der Waals surface area contributed by atoms with Gasteiger partial charge in [0.25, 0.3) is 0 Å². The Morgan fingerprint density at radius 3 is 2.40 bits per heavy atom. The lowest BCUT2D eigenvalue weighted by Gasteiger charge is -2.11. The summed E-state index contributed by atoms with van der Waals surface area (Å²) in [6, 6.07) is 7.18. The fourth-order valence-corrected chi connectivity index (χ4v) is 1.59. The Hall–Kier alpha value is -2.44. The van der Waals surface area contributed by atoms with Crippen LogP contribution in [0, 0.1) is 0 Å². The molecule has 0 saturated heterocycles. The number of aromatic nitrogens is 2. The molecule has 0 atom stereocenters. The molecule has 1 aromatic heterocycles. The second-order valence-electron chi connectivity index (χ2n) is 3.81. The van der Waals surface area contributed by atoms with Crippen molar-refractivity contribution in [2.45, 2.75) is 6.18 Å². The number of carbonyl (C=O) groups excluding carboxylic acids is 1. The molecule has 0 N–H and O–H groups in total. The standard InChI is InChI=1S/C13H9F3N2O2/c1-20-12-17-7-9(11(18-12)13(14,15)16)10(19)8-5-3-2-4-6-8/h2-7H,1H3. The highest BCUT2D eigenvalue weighted by Crippen LogP contribution is 2.32. The maximum Gasteiger partial charge on any atom is 0.434 e. The average Bonchev–Trinajstić information content (AvgIpc) is 2.46. The first-order chi connectivity index (χ1) is 9.43. The molecule has 104 valence electrons. The first-order valence-corrected chi connectivity index (χ1v) is 5.51. The zero-order valence-corrected chi connectivity index (χ0v) is 10.3. The van der Waals surface area contributed by atoms with Gasteiger partial charge in [0.15, 0.2) is 11.5 Å². The van der Waals surface area contributed by atoms with Crippen LogP contribution in [0.5, 0.6) is 6.01 Å². The van der Waals surface area contributed by atoms with Gasteiger partial charge in [-0.05, 0) is 0 Å². The lowest BCUT2D eigenvalue weighted by molar-refractivity contribution is -0.141. The lowest BCUT2D eigenvalue weighted by Crippen LogP contribution is -2.17.